The van der Waals surface area contributed by atoms with Gasteiger partial charge in [-0.3, -0.25) is 24.9 Å². The predicted molar refractivity (Wildman–Crippen MR) is 106 cm³/mol. The highest BCUT2D eigenvalue weighted by Crippen LogP contribution is 2.23. The number of nitro groups is 2. The van der Waals surface area contributed by atoms with Gasteiger partial charge in [-0.05, 0) is 37.6 Å². The second-order valence-electron chi connectivity index (χ2n) is 6.59. The molecule has 10 nitrogen and oxygen atoms in total. The van der Waals surface area contributed by atoms with Crippen molar-refractivity contribution in [3.63, 3.8) is 0 Å². The third-order valence-electron chi connectivity index (χ3n) is 4.59. The van der Waals surface area contributed by atoms with E-state index in [1.54, 1.807) is 50.2 Å². The molecule has 0 N–H and O–H groups in total. The van der Waals surface area contributed by atoms with E-state index in [0.29, 0.717) is 23.5 Å². The third-order valence-corrected chi connectivity index (χ3v) is 4.59. The quantitative estimate of drug-likeness (QED) is 0.329. The first-order valence-electron chi connectivity index (χ1n) is 8.94. The molecule has 2 aromatic carbocycles. The molecular weight excluding hydrogens is 392 g/mol. The topological polar surface area (TPSA) is 130 Å². The van der Waals surface area contributed by atoms with E-state index >= 15 is 0 Å². The fourth-order valence-corrected chi connectivity index (χ4v) is 3.06. The van der Waals surface area contributed by atoms with Crippen LogP contribution in [-0.4, -0.2) is 25.6 Å². The lowest BCUT2D eigenvalue weighted by molar-refractivity contribution is -0.386. The molecule has 0 saturated heterocycles. The van der Waals surface area contributed by atoms with E-state index in [9.17, 15) is 25.0 Å². The van der Waals surface area contributed by atoms with Gasteiger partial charge in [-0.2, -0.15) is 5.10 Å². The van der Waals surface area contributed by atoms with Gasteiger partial charge < -0.3 is 4.74 Å². The van der Waals surface area contributed by atoms with E-state index in [1.165, 1.54) is 16.8 Å². The Labute approximate surface area is 171 Å². The van der Waals surface area contributed by atoms with Gasteiger partial charge in [-0.1, -0.05) is 24.3 Å². The fourth-order valence-electron chi connectivity index (χ4n) is 3.06. The van der Waals surface area contributed by atoms with Crippen molar-refractivity contribution in [2.45, 2.75) is 27.0 Å². The Morgan fingerprint density at radius 1 is 1.03 bits per heavy atom. The van der Waals surface area contributed by atoms with Gasteiger partial charge in [0.1, 0.15) is 18.0 Å². The molecule has 10 heteroatoms. The number of hydrogen-bond acceptors (Lipinski definition) is 7. The molecule has 0 saturated carbocycles. The summed E-state index contributed by atoms with van der Waals surface area (Å²) in [5, 5.41) is 26.3. The Kier molecular flexibility index (Phi) is 5.86. The van der Waals surface area contributed by atoms with E-state index in [2.05, 4.69) is 5.10 Å². The summed E-state index contributed by atoms with van der Waals surface area (Å²) in [5.41, 5.74) is 2.06. The lowest BCUT2D eigenvalue weighted by Gasteiger charge is -2.07. The second kappa shape index (κ2) is 8.52. The highest BCUT2D eigenvalue weighted by atomic mass is 16.6. The molecule has 0 unspecified atom stereocenters. The Hall–Kier alpha value is -4.08. The smallest absolute Gasteiger partial charge is 0.338 e. The Morgan fingerprint density at radius 3 is 2.30 bits per heavy atom. The predicted octanol–water partition coefficient (Wildman–Crippen LogP) is 3.72. The number of hydrogen-bond donors (Lipinski definition) is 0. The summed E-state index contributed by atoms with van der Waals surface area (Å²) in [6.45, 7) is 3.31. The molecule has 0 bridgehead atoms. The minimum absolute atomic E-state index is 0.00907. The Morgan fingerprint density at radius 2 is 1.70 bits per heavy atom. The van der Waals surface area contributed by atoms with Crippen LogP contribution in [0.2, 0.25) is 0 Å². The Bertz CT molecular complexity index is 1120. The fraction of sp³-hybridized carbons (Fsp3) is 0.200. The molecule has 1 heterocycles. The van der Waals surface area contributed by atoms with Crippen molar-refractivity contribution in [1.29, 1.82) is 0 Å². The molecular formula is C20H18N4O6. The molecule has 1 aromatic heterocycles. The van der Waals surface area contributed by atoms with Crippen molar-refractivity contribution in [3.8, 4) is 0 Å². The number of aryl methyl sites for hydroxylation is 1. The first-order chi connectivity index (χ1) is 14.3. The zero-order valence-corrected chi connectivity index (χ0v) is 16.3. The van der Waals surface area contributed by atoms with Gasteiger partial charge in [0.05, 0.1) is 27.5 Å². The first kappa shape index (κ1) is 20.6. The number of esters is 1. The van der Waals surface area contributed by atoms with E-state index in [1.807, 2.05) is 0 Å². The van der Waals surface area contributed by atoms with Crippen LogP contribution in [0.4, 0.5) is 11.4 Å². The number of rotatable bonds is 7. The van der Waals surface area contributed by atoms with E-state index < -0.39 is 15.8 Å². The normalized spacial score (nSPS) is 10.6. The molecule has 0 fully saturated rings. The van der Waals surface area contributed by atoms with Crippen LogP contribution in [0.25, 0.3) is 0 Å². The minimum atomic E-state index is -0.610. The van der Waals surface area contributed by atoms with E-state index in [0.717, 1.165) is 5.56 Å². The van der Waals surface area contributed by atoms with Gasteiger partial charge in [0.15, 0.2) is 0 Å². The lowest BCUT2D eigenvalue weighted by Crippen LogP contribution is -2.08. The molecule has 0 radical (unpaired) electrons. The summed E-state index contributed by atoms with van der Waals surface area (Å²) in [6.07, 6.45) is 0. The number of carbonyl (C=O) groups is 1. The molecule has 0 aliphatic heterocycles. The summed E-state index contributed by atoms with van der Waals surface area (Å²) in [4.78, 5) is 33.4. The van der Waals surface area contributed by atoms with Crippen LogP contribution in [0.3, 0.4) is 0 Å². The summed E-state index contributed by atoms with van der Waals surface area (Å²) in [5.74, 6) is -0.610. The molecule has 3 aromatic rings. The monoisotopic (exact) mass is 410 g/mol. The maximum Gasteiger partial charge on any atom is 0.338 e. The second-order valence-corrected chi connectivity index (χ2v) is 6.59. The van der Waals surface area contributed by atoms with Gasteiger partial charge in [0.2, 0.25) is 0 Å². The number of carbonyl (C=O) groups excluding carboxylic acids is 1. The number of nitrogens with zero attached hydrogens (tertiary/aromatic N) is 4. The Balaban J connectivity index is 1.67. The molecule has 3 rings (SSSR count). The van der Waals surface area contributed by atoms with Crippen molar-refractivity contribution >= 4 is 17.3 Å². The zero-order valence-electron chi connectivity index (χ0n) is 16.3. The molecule has 30 heavy (non-hydrogen) atoms. The third kappa shape index (κ3) is 4.32. The SMILES string of the molecule is Cc1nn(Cc2ccc(C(=O)OCc3ccccc3[N+](=O)[O-])cc2)c(C)c1[N+](=O)[O-]. The van der Waals surface area contributed by atoms with Crippen LogP contribution < -0.4 is 0 Å². The molecule has 0 aliphatic rings. The van der Waals surface area contributed by atoms with Crippen LogP contribution in [0.15, 0.2) is 48.5 Å². The summed E-state index contributed by atoms with van der Waals surface area (Å²) in [6, 6.07) is 12.6. The first-order valence-corrected chi connectivity index (χ1v) is 8.94. The molecule has 0 aliphatic carbocycles. The van der Waals surface area contributed by atoms with Crippen LogP contribution in [0, 0.1) is 34.1 Å². The van der Waals surface area contributed by atoms with Crippen LogP contribution in [-0.2, 0) is 17.9 Å². The highest BCUT2D eigenvalue weighted by Gasteiger charge is 2.21. The molecule has 154 valence electrons. The summed E-state index contributed by atoms with van der Waals surface area (Å²) >= 11 is 0. The number of benzene rings is 2. The number of ether oxygens (including phenoxy) is 1. The molecule has 0 amide bonds. The average Bonchev–Trinajstić information content (AvgIpc) is 2.99. The van der Waals surface area contributed by atoms with Crippen molar-refractivity contribution in [3.05, 3.63) is 96.8 Å². The summed E-state index contributed by atoms with van der Waals surface area (Å²) in [7, 11) is 0. The average molecular weight is 410 g/mol. The maximum absolute atomic E-state index is 12.3. The number of aromatic nitrogens is 2. The lowest BCUT2D eigenvalue weighted by atomic mass is 10.1. The van der Waals surface area contributed by atoms with Crippen molar-refractivity contribution in [2.24, 2.45) is 0 Å². The van der Waals surface area contributed by atoms with Crippen molar-refractivity contribution in [2.75, 3.05) is 0 Å². The van der Waals surface area contributed by atoms with Gasteiger partial charge in [0, 0.05) is 6.07 Å². The molecule has 0 atom stereocenters. The maximum atomic E-state index is 12.3. The van der Waals surface area contributed by atoms with E-state index in [4.69, 9.17) is 4.74 Å². The van der Waals surface area contributed by atoms with Crippen molar-refractivity contribution < 1.29 is 19.4 Å². The van der Waals surface area contributed by atoms with Crippen LogP contribution in [0.1, 0.15) is 32.9 Å². The van der Waals surface area contributed by atoms with Crippen molar-refractivity contribution in [1.82, 2.24) is 9.78 Å². The van der Waals surface area contributed by atoms with Gasteiger partial charge in [-0.15, -0.1) is 0 Å². The van der Waals surface area contributed by atoms with Gasteiger partial charge in [0.25, 0.3) is 5.69 Å². The largest absolute Gasteiger partial charge is 0.457 e. The van der Waals surface area contributed by atoms with Gasteiger partial charge >= 0.3 is 11.7 Å². The van der Waals surface area contributed by atoms with Crippen LogP contribution >= 0.6 is 0 Å². The zero-order chi connectivity index (χ0) is 21.8. The molecule has 0 spiro atoms. The van der Waals surface area contributed by atoms with Crippen LogP contribution in [0.5, 0.6) is 0 Å². The van der Waals surface area contributed by atoms with E-state index in [-0.39, 0.29) is 23.5 Å². The highest BCUT2D eigenvalue weighted by molar-refractivity contribution is 5.89. The number of nitro benzene ring substituents is 1. The standard InChI is InChI=1S/C20H18N4O6/c1-13-19(24(28)29)14(2)22(21-13)11-15-7-9-16(10-8-15)20(25)30-12-17-5-3-4-6-18(17)23(26)27/h3-10H,11-12H2,1-2H3. The van der Waals surface area contributed by atoms with Gasteiger partial charge in [-0.25, -0.2) is 4.79 Å². The number of para-hydroxylation sites is 1. The minimum Gasteiger partial charge on any atom is -0.457 e. The summed E-state index contributed by atoms with van der Waals surface area (Å²) < 4.78 is 6.73.